The van der Waals surface area contributed by atoms with Gasteiger partial charge in [0.15, 0.2) is 0 Å². The maximum Gasteiger partial charge on any atom is 0.255 e. The highest BCUT2D eigenvalue weighted by Crippen LogP contribution is 2.21. The topological polar surface area (TPSA) is 38.3 Å². The van der Waals surface area contributed by atoms with Crippen LogP contribution in [0.1, 0.15) is 49.4 Å². The van der Waals surface area contributed by atoms with E-state index in [0.717, 1.165) is 12.8 Å². The number of amides is 1. The Labute approximate surface area is 109 Å². The van der Waals surface area contributed by atoms with Crippen molar-refractivity contribution in [2.45, 2.75) is 45.1 Å². The highest BCUT2D eigenvalue weighted by atomic mass is 16.5. The zero-order valence-electron chi connectivity index (χ0n) is 10.9. The maximum atomic E-state index is 12.2. The molecule has 1 fully saturated rings. The Kier molecular flexibility index (Phi) is 4.62. The van der Waals surface area contributed by atoms with Gasteiger partial charge in [0.1, 0.15) is 5.75 Å². The predicted molar refractivity (Wildman–Crippen MR) is 72.0 cm³/mol. The minimum Gasteiger partial charge on any atom is -0.493 e. The number of hydrogen-bond donors (Lipinski definition) is 1. The summed E-state index contributed by atoms with van der Waals surface area (Å²) in [6, 6.07) is 7.77. The Bertz CT molecular complexity index is 397. The van der Waals surface area contributed by atoms with Gasteiger partial charge in [0.2, 0.25) is 0 Å². The molecule has 1 aliphatic rings. The zero-order chi connectivity index (χ0) is 12.8. The summed E-state index contributed by atoms with van der Waals surface area (Å²) in [4.78, 5) is 12.2. The molecule has 1 saturated carbocycles. The van der Waals surface area contributed by atoms with Gasteiger partial charge >= 0.3 is 0 Å². The molecule has 1 aliphatic carbocycles. The third kappa shape index (κ3) is 3.25. The zero-order valence-corrected chi connectivity index (χ0v) is 10.9. The highest BCUT2D eigenvalue weighted by molar-refractivity contribution is 5.97. The lowest BCUT2D eigenvalue weighted by molar-refractivity contribution is 0.0924. The first-order chi connectivity index (χ1) is 8.81. The number of benzene rings is 1. The van der Waals surface area contributed by atoms with E-state index in [9.17, 15) is 4.79 Å². The number of carbonyl (C=O) groups is 1. The lowest BCUT2D eigenvalue weighted by atomic mass is 9.95. The summed E-state index contributed by atoms with van der Waals surface area (Å²) in [5.74, 6) is 0.666. The average molecular weight is 247 g/mol. The number of rotatable bonds is 4. The van der Waals surface area contributed by atoms with E-state index in [4.69, 9.17) is 4.74 Å². The van der Waals surface area contributed by atoms with E-state index < -0.39 is 0 Å². The largest absolute Gasteiger partial charge is 0.493 e. The molecule has 1 N–H and O–H groups in total. The normalized spacial score (nSPS) is 16.3. The van der Waals surface area contributed by atoms with Crippen LogP contribution in [0.2, 0.25) is 0 Å². The molecule has 0 spiro atoms. The average Bonchev–Trinajstić information content (AvgIpc) is 2.41. The highest BCUT2D eigenvalue weighted by Gasteiger charge is 2.18. The van der Waals surface area contributed by atoms with Gasteiger partial charge in [0.05, 0.1) is 12.2 Å². The molecule has 0 bridgehead atoms. The van der Waals surface area contributed by atoms with Crippen LogP contribution in [0.4, 0.5) is 0 Å². The van der Waals surface area contributed by atoms with Crippen LogP contribution in [0.15, 0.2) is 24.3 Å². The van der Waals surface area contributed by atoms with Crippen molar-refractivity contribution in [1.82, 2.24) is 5.32 Å². The third-order valence-corrected chi connectivity index (χ3v) is 3.37. The fourth-order valence-electron chi connectivity index (χ4n) is 2.45. The van der Waals surface area contributed by atoms with E-state index in [1.54, 1.807) is 0 Å². The first-order valence-electron chi connectivity index (χ1n) is 6.84. The second-order valence-electron chi connectivity index (χ2n) is 4.74. The Morgan fingerprint density at radius 3 is 2.72 bits per heavy atom. The Morgan fingerprint density at radius 2 is 2.00 bits per heavy atom. The molecule has 3 heteroatoms. The predicted octanol–water partition coefficient (Wildman–Crippen LogP) is 3.15. The molecule has 1 aromatic rings. The van der Waals surface area contributed by atoms with Gasteiger partial charge in [-0.2, -0.15) is 0 Å². The molecule has 0 radical (unpaired) electrons. The van der Waals surface area contributed by atoms with Crippen molar-refractivity contribution in [1.29, 1.82) is 0 Å². The van der Waals surface area contributed by atoms with Gasteiger partial charge in [0.25, 0.3) is 5.91 Å². The first-order valence-corrected chi connectivity index (χ1v) is 6.84. The quantitative estimate of drug-likeness (QED) is 0.887. The number of nitrogens with one attached hydrogen (secondary N) is 1. The lowest BCUT2D eigenvalue weighted by Gasteiger charge is -2.23. The summed E-state index contributed by atoms with van der Waals surface area (Å²) in [6.07, 6.45) is 5.93. The monoisotopic (exact) mass is 247 g/mol. The van der Waals surface area contributed by atoms with Gasteiger partial charge in [-0.1, -0.05) is 31.4 Å². The molecule has 1 aromatic carbocycles. The van der Waals surface area contributed by atoms with Gasteiger partial charge < -0.3 is 10.1 Å². The van der Waals surface area contributed by atoms with Crippen LogP contribution in [0.25, 0.3) is 0 Å². The van der Waals surface area contributed by atoms with Crippen molar-refractivity contribution in [2.24, 2.45) is 0 Å². The van der Waals surface area contributed by atoms with E-state index in [0.29, 0.717) is 24.0 Å². The Balaban J connectivity index is 2.03. The minimum atomic E-state index is -0.00838. The smallest absolute Gasteiger partial charge is 0.255 e. The van der Waals surface area contributed by atoms with E-state index >= 15 is 0 Å². The Hall–Kier alpha value is -1.51. The molecule has 0 unspecified atom stereocenters. The second-order valence-corrected chi connectivity index (χ2v) is 4.74. The number of hydrogen-bond acceptors (Lipinski definition) is 2. The molecule has 18 heavy (non-hydrogen) atoms. The summed E-state index contributed by atoms with van der Waals surface area (Å²) in [5.41, 5.74) is 0.643. The molecule has 0 aromatic heterocycles. The summed E-state index contributed by atoms with van der Waals surface area (Å²) in [5, 5.41) is 3.12. The molecule has 2 rings (SSSR count). The summed E-state index contributed by atoms with van der Waals surface area (Å²) >= 11 is 0. The van der Waals surface area contributed by atoms with Crippen LogP contribution in [0.5, 0.6) is 5.75 Å². The molecule has 0 saturated heterocycles. The maximum absolute atomic E-state index is 12.2. The van der Waals surface area contributed by atoms with Crippen molar-refractivity contribution in [3.63, 3.8) is 0 Å². The molecule has 1 amide bonds. The SMILES string of the molecule is CCOc1ccccc1C(=O)NC1CCCCC1. The van der Waals surface area contributed by atoms with Crippen molar-refractivity contribution in [2.75, 3.05) is 6.61 Å². The van der Waals surface area contributed by atoms with Crippen LogP contribution in [-0.2, 0) is 0 Å². The van der Waals surface area contributed by atoms with Crippen molar-refractivity contribution in [3.05, 3.63) is 29.8 Å². The van der Waals surface area contributed by atoms with E-state index in [-0.39, 0.29) is 5.91 Å². The number of para-hydroxylation sites is 1. The molecular formula is C15H21NO2. The molecular weight excluding hydrogens is 226 g/mol. The van der Waals surface area contributed by atoms with E-state index in [1.165, 1.54) is 19.3 Å². The fraction of sp³-hybridized carbons (Fsp3) is 0.533. The van der Waals surface area contributed by atoms with Crippen molar-refractivity contribution < 1.29 is 9.53 Å². The Morgan fingerprint density at radius 1 is 1.28 bits per heavy atom. The van der Waals surface area contributed by atoms with Crippen LogP contribution >= 0.6 is 0 Å². The first kappa shape index (κ1) is 12.9. The molecule has 0 heterocycles. The molecule has 0 atom stereocenters. The minimum absolute atomic E-state index is 0.00838. The van der Waals surface area contributed by atoms with Crippen molar-refractivity contribution >= 4 is 5.91 Å². The summed E-state index contributed by atoms with van der Waals surface area (Å²) < 4.78 is 5.49. The standard InChI is InChI=1S/C15H21NO2/c1-2-18-14-11-7-6-10-13(14)15(17)16-12-8-4-3-5-9-12/h6-7,10-12H,2-5,8-9H2,1H3,(H,16,17). The molecule has 3 nitrogen and oxygen atoms in total. The third-order valence-electron chi connectivity index (χ3n) is 3.37. The van der Waals surface area contributed by atoms with Crippen LogP contribution in [-0.4, -0.2) is 18.6 Å². The summed E-state index contributed by atoms with van der Waals surface area (Å²) in [7, 11) is 0. The van der Waals surface area contributed by atoms with Crippen LogP contribution < -0.4 is 10.1 Å². The van der Waals surface area contributed by atoms with Crippen LogP contribution in [0.3, 0.4) is 0 Å². The molecule has 98 valence electrons. The van der Waals surface area contributed by atoms with Gasteiger partial charge in [-0.3, -0.25) is 4.79 Å². The van der Waals surface area contributed by atoms with Crippen LogP contribution in [0, 0.1) is 0 Å². The van der Waals surface area contributed by atoms with E-state index in [2.05, 4.69) is 5.32 Å². The van der Waals surface area contributed by atoms with Gasteiger partial charge in [-0.15, -0.1) is 0 Å². The lowest BCUT2D eigenvalue weighted by Crippen LogP contribution is -2.36. The molecule has 0 aliphatic heterocycles. The van der Waals surface area contributed by atoms with Gasteiger partial charge in [0, 0.05) is 6.04 Å². The second kappa shape index (κ2) is 6.43. The van der Waals surface area contributed by atoms with Gasteiger partial charge in [-0.05, 0) is 31.9 Å². The van der Waals surface area contributed by atoms with E-state index in [1.807, 2.05) is 31.2 Å². The fourth-order valence-corrected chi connectivity index (χ4v) is 2.45. The van der Waals surface area contributed by atoms with Crippen molar-refractivity contribution in [3.8, 4) is 5.75 Å². The number of carbonyl (C=O) groups excluding carboxylic acids is 1. The number of ether oxygens (including phenoxy) is 1. The summed E-state index contributed by atoms with van der Waals surface area (Å²) in [6.45, 7) is 2.50. The van der Waals surface area contributed by atoms with Gasteiger partial charge in [-0.25, -0.2) is 0 Å².